The van der Waals surface area contributed by atoms with Gasteiger partial charge in [0.25, 0.3) is 0 Å². The molecule has 3 aromatic rings. The van der Waals surface area contributed by atoms with Gasteiger partial charge in [-0.3, -0.25) is 0 Å². The molecule has 0 radical (unpaired) electrons. The van der Waals surface area contributed by atoms with Crippen molar-refractivity contribution < 1.29 is 9.84 Å². The average molecular weight is 338 g/mol. The summed E-state index contributed by atoms with van der Waals surface area (Å²) in [6.07, 6.45) is 1.49. The molecule has 132 valence electrons. The fraction of sp³-hybridized carbons (Fsp3) is 0.381. The second kappa shape index (κ2) is 7.70. The Hall–Kier alpha value is -2.33. The van der Waals surface area contributed by atoms with Crippen molar-refractivity contribution in [1.29, 1.82) is 0 Å². The number of aliphatic hydroxyl groups excluding tert-OH is 1. The van der Waals surface area contributed by atoms with Crippen molar-refractivity contribution in [2.24, 2.45) is 0 Å². The minimum absolute atomic E-state index is 0.182. The maximum atomic E-state index is 9.18. The van der Waals surface area contributed by atoms with Crippen LogP contribution in [0.1, 0.15) is 28.9 Å². The van der Waals surface area contributed by atoms with E-state index in [0.29, 0.717) is 6.61 Å². The van der Waals surface area contributed by atoms with E-state index in [4.69, 9.17) is 9.72 Å². The van der Waals surface area contributed by atoms with Gasteiger partial charge in [-0.1, -0.05) is 18.2 Å². The van der Waals surface area contributed by atoms with Crippen molar-refractivity contribution in [3.8, 4) is 5.75 Å². The third-order valence-corrected chi connectivity index (χ3v) is 4.67. The highest BCUT2D eigenvalue weighted by molar-refractivity contribution is 5.78. The van der Waals surface area contributed by atoms with Gasteiger partial charge >= 0.3 is 0 Å². The highest BCUT2D eigenvalue weighted by Gasteiger charge is 2.12. The van der Waals surface area contributed by atoms with Gasteiger partial charge in [0.15, 0.2) is 0 Å². The summed E-state index contributed by atoms with van der Waals surface area (Å²) in [4.78, 5) is 4.79. The van der Waals surface area contributed by atoms with Gasteiger partial charge in [-0.05, 0) is 62.1 Å². The summed E-state index contributed by atoms with van der Waals surface area (Å²) in [6.45, 7) is 7.82. The zero-order valence-corrected chi connectivity index (χ0v) is 15.2. The first-order valence-corrected chi connectivity index (χ1v) is 8.86. The van der Waals surface area contributed by atoms with Gasteiger partial charge in [-0.25, -0.2) is 4.98 Å². The van der Waals surface area contributed by atoms with E-state index in [-0.39, 0.29) is 6.61 Å². The van der Waals surface area contributed by atoms with Crippen molar-refractivity contribution in [2.45, 2.75) is 40.2 Å². The van der Waals surface area contributed by atoms with Gasteiger partial charge in [-0.15, -0.1) is 0 Å². The van der Waals surface area contributed by atoms with Gasteiger partial charge in [0, 0.05) is 13.0 Å². The third kappa shape index (κ3) is 3.85. The van der Waals surface area contributed by atoms with E-state index in [1.54, 1.807) is 0 Å². The van der Waals surface area contributed by atoms with Crippen LogP contribution in [-0.2, 0) is 13.0 Å². The van der Waals surface area contributed by atoms with Crippen LogP contribution in [0.15, 0.2) is 36.4 Å². The molecule has 2 aromatic carbocycles. The lowest BCUT2D eigenvalue weighted by Gasteiger charge is -2.12. The SMILES string of the molecule is Cc1cc2nc(CCCO)n(CCOc3ccccc3C)c2cc1C. The number of ether oxygens (including phenoxy) is 1. The number of imidazole rings is 1. The van der Waals surface area contributed by atoms with Crippen molar-refractivity contribution in [3.63, 3.8) is 0 Å². The lowest BCUT2D eigenvalue weighted by molar-refractivity contribution is 0.283. The fourth-order valence-electron chi connectivity index (χ4n) is 3.07. The summed E-state index contributed by atoms with van der Waals surface area (Å²) >= 11 is 0. The number of aryl methyl sites for hydroxylation is 4. The molecule has 0 unspecified atom stereocenters. The van der Waals surface area contributed by atoms with Crippen LogP contribution in [-0.4, -0.2) is 27.9 Å². The second-order valence-electron chi connectivity index (χ2n) is 6.55. The summed E-state index contributed by atoms with van der Waals surface area (Å²) in [5, 5.41) is 9.18. The largest absolute Gasteiger partial charge is 0.491 e. The first kappa shape index (κ1) is 17.5. The maximum Gasteiger partial charge on any atom is 0.122 e. The molecule has 1 heterocycles. The van der Waals surface area contributed by atoms with Crippen LogP contribution in [0.4, 0.5) is 0 Å². The van der Waals surface area contributed by atoms with E-state index >= 15 is 0 Å². The predicted octanol–water partition coefficient (Wildman–Crippen LogP) is 3.97. The molecule has 0 fully saturated rings. The lowest BCUT2D eigenvalue weighted by atomic mass is 10.1. The molecule has 0 bridgehead atoms. The fourth-order valence-corrected chi connectivity index (χ4v) is 3.07. The molecule has 0 spiro atoms. The molecule has 0 amide bonds. The molecule has 25 heavy (non-hydrogen) atoms. The van der Waals surface area contributed by atoms with Crippen LogP contribution >= 0.6 is 0 Å². The number of rotatable bonds is 7. The van der Waals surface area contributed by atoms with Crippen LogP contribution in [0.2, 0.25) is 0 Å². The molecule has 4 heteroatoms. The Balaban J connectivity index is 1.85. The first-order chi connectivity index (χ1) is 12.1. The molecule has 0 aliphatic rings. The summed E-state index contributed by atoms with van der Waals surface area (Å²) in [7, 11) is 0. The molecule has 3 rings (SSSR count). The van der Waals surface area contributed by atoms with E-state index in [9.17, 15) is 5.11 Å². The van der Waals surface area contributed by atoms with Gasteiger partial charge < -0.3 is 14.4 Å². The Kier molecular flexibility index (Phi) is 5.39. The summed E-state index contributed by atoms with van der Waals surface area (Å²) < 4.78 is 8.21. The molecule has 1 aromatic heterocycles. The topological polar surface area (TPSA) is 47.3 Å². The summed E-state index contributed by atoms with van der Waals surface area (Å²) in [6, 6.07) is 12.4. The molecule has 0 atom stereocenters. The van der Waals surface area contributed by atoms with E-state index in [2.05, 4.69) is 43.5 Å². The van der Waals surface area contributed by atoms with Crippen LogP contribution in [0.25, 0.3) is 11.0 Å². The number of hydrogen-bond donors (Lipinski definition) is 1. The zero-order chi connectivity index (χ0) is 17.8. The zero-order valence-electron chi connectivity index (χ0n) is 15.2. The van der Waals surface area contributed by atoms with Crippen molar-refractivity contribution in [2.75, 3.05) is 13.2 Å². The lowest BCUT2D eigenvalue weighted by Crippen LogP contribution is -2.12. The molecule has 0 aliphatic carbocycles. The monoisotopic (exact) mass is 338 g/mol. The smallest absolute Gasteiger partial charge is 0.122 e. The van der Waals surface area contributed by atoms with Crippen LogP contribution in [0.5, 0.6) is 5.75 Å². The Bertz CT molecular complexity index is 868. The maximum absolute atomic E-state index is 9.18. The standard InChI is InChI=1S/C21H26N2O2/c1-15-7-4-5-8-20(15)25-12-10-23-19-14-17(3)16(2)13-18(19)22-21(23)9-6-11-24/h4-5,7-8,13-14,24H,6,9-12H2,1-3H3. The van der Waals surface area contributed by atoms with Gasteiger partial charge in [0.1, 0.15) is 18.2 Å². The van der Waals surface area contributed by atoms with Crippen LogP contribution in [0, 0.1) is 20.8 Å². The third-order valence-electron chi connectivity index (χ3n) is 4.67. The molecule has 1 N–H and O–H groups in total. The highest BCUT2D eigenvalue weighted by atomic mass is 16.5. The molecule has 0 aliphatic heterocycles. The molecule has 0 saturated heterocycles. The Labute approximate surface area is 149 Å². The number of aliphatic hydroxyl groups is 1. The summed E-state index contributed by atoms with van der Waals surface area (Å²) in [5.74, 6) is 1.94. The first-order valence-electron chi connectivity index (χ1n) is 8.86. The quantitative estimate of drug-likeness (QED) is 0.709. The Morgan fingerprint density at radius 2 is 1.80 bits per heavy atom. The molecular formula is C21H26N2O2. The summed E-state index contributed by atoms with van der Waals surface area (Å²) in [5.41, 5.74) is 5.82. The molecular weight excluding hydrogens is 312 g/mol. The van der Waals surface area contributed by atoms with Gasteiger partial charge in [0.2, 0.25) is 0 Å². The number of benzene rings is 2. The number of hydrogen-bond acceptors (Lipinski definition) is 3. The number of nitrogens with zero attached hydrogens (tertiary/aromatic N) is 2. The van der Waals surface area contributed by atoms with Gasteiger partial charge in [-0.2, -0.15) is 0 Å². The predicted molar refractivity (Wildman–Crippen MR) is 101 cm³/mol. The number of fused-ring (bicyclic) bond motifs is 1. The van der Waals surface area contributed by atoms with Crippen molar-refractivity contribution in [3.05, 3.63) is 58.9 Å². The normalized spacial score (nSPS) is 11.2. The van der Waals surface area contributed by atoms with Gasteiger partial charge in [0.05, 0.1) is 17.6 Å². The minimum Gasteiger partial charge on any atom is -0.491 e. The number of aromatic nitrogens is 2. The molecule has 0 saturated carbocycles. The minimum atomic E-state index is 0.182. The average Bonchev–Trinajstić information content (AvgIpc) is 2.92. The molecule has 4 nitrogen and oxygen atoms in total. The second-order valence-corrected chi connectivity index (χ2v) is 6.55. The highest BCUT2D eigenvalue weighted by Crippen LogP contribution is 2.22. The van der Waals surface area contributed by atoms with E-state index < -0.39 is 0 Å². The van der Waals surface area contributed by atoms with E-state index in [1.165, 1.54) is 11.1 Å². The van der Waals surface area contributed by atoms with Crippen molar-refractivity contribution >= 4 is 11.0 Å². The van der Waals surface area contributed by atoms with E-state index in [0.717, 1.165) is 47.6 Å². The van der Waals surface area contributed by atoms with Crippen LogP contribution < -0.4 is 4.74 Å². The Morgan fingerprint density at radius 3 is 2.56 bits per heavy atom. The van der Waals surface area contributed by atoms with E-state index in [1.807, 2.05) is 18.2 Å². The van der Waals surface area contributed by atoms with Crippen LogP contribution in [0.3, 0.4) is 0 Å². The number of para-hydroxylation sites is 1. The Morgan fingerprint density at radius 1 is 1.04 bits per heavy atom. The van der Waals surface area contributed by atoms with Crippen molar-refractivity contribution in [1.82, 2.24) is 9.55 Å².